The Bertz CT molecular complexity index is 1130. The van der Waals surface area contributed by atoms with Crippen LogP contribution in [0.25, 0.3) is 0 Å². The van der Waals surface area contributed by atoms with E-state index in [1.54, 1.807) is 41.3 Å². The number of ketones is 1. The molecule has 2 aromatic carbocycles. The van der Waals surface area contributed by atoms with E-state index < -0.39 is 4.92 Å². The Labute approximate surface area is 183 Å². The van der Waals surface area contributed by atoms with E-state index in [1.165, 1.54) is 17.4 Å². The Hall–Kier alpha value is -3.52. The summed E-state index contributed by atoms with van der Waals surface area (Å²) in [6.07, 6.45) is 0. The van der Waals surface area contributed by atoms with Gasteiger partial charge in [0.25, 0.3) is 11.6 Å². The molecule has 7 nitrogen and oxygen atoms in total. The molecule has 1 aliphatic heterocycles. The van der Waals surface area contributed by atoms with E-state index in [2.05, 4.69) is 0 Å². The number of nitrogens with zero attached hydrogens (tertiary/aromatic N) is 3. The zero-order valence-corrected chi connectivity index (χ0v) is 17.8. The molecule has 0 atom stereocenters. The van der Waals surface area contributed by atoms with Crippen molar-refractivity contribution in [3.8, 4) is 0 Å². The average molecular weight is 436 g/mol. The van der Waals surface area contributed by atoms with Gasteiger partial charge in [-0.1, -0.05) is 30.3 Å². The number of aryl methyl sites for hydroxylation is 1. The van der Waals surface area contributed by atoms with Crippen LogP contribution in [0, 0.1) is 17.0 Å². The number of anilines is 1. The summed E-state index contributed by atoms with van der Waals surface area (Å²) in [5.74, 6) is -0.257. The van der Waals surface area contributed by atoms with Gasteiger partial charge in [-0.3, -0.25) is 19.7 Å². The smallest absolute Gasteiger partial charge is 0.293 e. The highest BCUT2D eigenvalue weighted by molar-refractivity contribution is 7.13. The molecule has 1 saturated heterocycles. The SMILES string of the molecule is Cc1ccc(C(=O)N2CCN(c3ccc(C(=O)c4ccccc4)cc3[N+](=O)[O-])CC2)s1. The van der Waals surface area contributed by atoms with Crippen molar-refractivity contribution in [2.75, 3.05) is 31.1 Å². The van der Waals surface area contributed by atoms with Crippen molar-refractivity contribution in [2.24, 2.45) is 0 Å². The molecule has 158 valence electrons. The zero-order valence-electron chi connectivity index (χ0n) is 17.0. The van der Waals surface area contributed by atoms with E-state index in [9.17, 15) is 19.7 Å². The lowest BCUT2D eigenvalue weighted by Crippen LogP contribution is -2.48. The lowest BCUT2D eigenvalue weighted by molar-refractivity contribution is -0.384. The molecule has 1 aliphatic rings. The fourth-order valence-electron chi connectivity index (χ4n) is 3.69. The van der Waals surface area contributed by atoms with E-state index in [0.717, 1.165) is 4.88 Å². The maximum absolute atomic E-state index is 12.7. The maximum Gasteiger partial charge on any atom is 0.293 e. The number of nitro benzene ring substituents is 1. The van der Waals surface area contributed by atoms with Crippen molar-refractivity contribution in [3.63, 3.8) is 0 Å². The van der Waals surface area contributed by atoms with E-state index >= 15 is 0 Å². The molecule has 0 unspecified atom stereocenters. The van der Waals surface area contributed by atoms with Gasteiger partial charge in [0, 0.05) is 48.2 Å². The van der Waals surface area contributed by atoms with Gasteiger partial charge in [0.05, 0.1) is 9.80 Å². The monoisotopic (exact) mass is 435 g/mol. The van der Waals surface area contributed by atoms with E-state index in [0.29, 0.717) is 42.3 Å². The summed E-state index contributed by atoms with van der Waals surface area (Å²) >= 11 is 1.47. The summed E-state index contributed by atoms with van der Waals surface area (Å²) < 4.78 is 0. The van der Waals surface area contributed by atoms with Crippen LogP contribution in [-0.2, 0) is 0 Å². The van der Waals surface area contributed by atoms with Crippen LogP contribution in [0.5, 0.6) is 0 Å². The number of carbonyl (C=O) groups excluding carboxylic acids is 2. The van der Waals surface area contributed by atoms with Crippen LogP contribution < -0.4 is 4.90 Å². The highest BCUT2D eigenvalue weighted by Crippen LogP contribution is 2.31. The van der Waals surface area contributed by atoms with E-state index in [-0.39, 0.29) is 22.9 Å². The number of carbonyl (C=O) groups is 2. The fourth-order valence-corrected chi connectivity index (χ4v) is 4.53. The summed E-state index contributed by atoms with van der Waals surface area (Å²) in [7, 11) is 0. The first-order valence-corrected chi connectivity index (χ1v) is 10.7. The van der Waals surface area contributed by atoms with Crippen LogP contribution in [0.1, 0.15) is 30.5 Å². The molecule has 0 spiro atoms. The topological polar surface area (TPSA) is 83.8 Å². The highest BCUT2D eigenvalue weighted by atomic mass is 32.1. The van der Waals surface area contributed by atoms with E-state index in [4.69, 9.17) is 0 Å². The van der Waals surface area contributed by atoms with Crippen LogP contribution in [-0.4, -0.2) is 47.7 Å². The zero-order chi connectivity index (χ0) is 22.0. The normalized spacial score (nSPS) is 13.8. The van der Waals surface area contributed by atoms with Gasteiger partial charge >= 0.3 is 0 Å². The first-order valence-electron chi connectivity index (χ1n) is 9.93. The minimum absolute atomic E-state index is 0.00365. The Balaban J connectivity index is 1.51. The Morgan fingerprint density at radius 2 is 1.65 bits per heavy atom. The van der Waals surface area contributed by atoms with E-state index in [1.807, 2.05) is 30.0 Å². The summed E-state index contributed by atoms with van der Waals surface area (Å²) in [6.45, 7) is 3.91. The van der Waals surface area contributed by atoms with Gasteiger partial charge in [-0.2, -0.15) is 0 Å². The predicted octanol–water partition coefficient (Wildman–Crippen LogP) is 4.16. The molecular formula is C23H21N3O4S. The average Bonchev–Trinajstić information content (AvgIpc) is 3.24. The quantitative estimate of drug-likeness (QED) is 0.341. The number of benzene rings is 2. The Kier molecular flexibility index (Phi) is 5.81. The molecule has 0 aliphatic carbocycles. The van der Waals surface area contributed by atoms with Gasteiger partial charge in [0.2, 0.25) is 0 Å². The fraction of sp³-hybridized carbons (Fsp3) is 0.217. The largest absolute Gasteiger partial charge is 0.362 e. The van der Waals surface area contributed by atoms with Crippen LogP contribution in [0.15, 0.2) is 60.7 Å². The molecule has 1 fully saturated rings. The molecule has 1 aromatic heterocycles. The molecule has 0 saturated carbocycles. The molecule has 0 bridgehead atoms. The molecular weight excluding hydrogens is 414 g/mol. The van der Waals surface area contributed by atoms with Crippen molar-refractivity contribution in [1.29, 1.82) is 0 Å². The second-order valence-electron chi connectivity index (χ2n) is 7.35. The van der Waals surface area contributed by atoms with Crippen molar-refractivity contribution < 1.29 is 14.5 Å². The van der Waals surface area contributed by atoms with Crippen LogP contribution in [0.2, 0.25) is 0 Å². The first kappa shape index (κ1) is 20.7. The van der Waals surface area contributed by atoms with Crippen molar-refractivity contribution in [2.45, 2.75) is 6.92 Å². The standard InChI is InChI=1S/C23H21N3O4S/c1-16-7-10-21(31-16)23(28)25-13-11-24(12-14-25)19-9-8-18(15-20(19)26(29)30)22(27)17-5-3-2-4-6-17/h2-10,15H,11-14H2,1H3. The minimum atomic E-state index is -0.455. The molecule has 0 radical (unpaired) electrons. The number of nitro groups is 1. The van der Waals surface area contributed by atoms with Crippen molar-refractivity contribution >= 4 is 34.4 Å². The second kappa shape index (κ2) is 8.69. The van der Waals surface area contributed by atoms with Crippen LogP contribution >= 0.6 is 11.3 Å². The predicted molar refractivity (Wildman–Crippen MR) is 120 cm³/mol. The number of thiophene rings is 1. The maximum atomic E-state index is 12.7. The van der Waals surface area contributed by atoms with Gasteiger partial charge in [0.15, 0.2) is 5.78 Å². The van der Waals surface area contributed by atoms with Crippen molar-refractivity contribution in [1.82, 2.24) is 4.90 Å². The van der Waals surface area contributed by atoms with Crippen LogP contribution in [0.4, 0.5) is 11.4 Å². The minimum Gasteiger partial charge on any atom is -0.362 e. The lowest BCUT2D eigenvalue weighted by atomic mass is 10.0. The summed E-state index contributed by atoms with van der Waals surface area (Å²) in [5.41, 5.74) is 1.13. The lowest BCUT2D eigenvalue weighted by Gasteiger charge is -2.35. The second-order valence-corrected chi connectivity index (χ2v) is 8.63. The molecule has 3 aromatic rings. The summed E-state index contributed by atoms with van der Waals surface area (Å²) in [6, 6.07) is 17.1. The van der Waals surface area contributed by atoms with Gasteiger partial charge in [-0.15, -0.1) is 11.3 Å². The van der Waals surface area contributed by atoms with Gasteiger partial charge in [-0.25, -0.2) is 0 Å². The number of rotatable bonds is 5. The third kappa shape index (κ3) is 4.34. The van der Waals surface area contributed by atoms with Crippen LogP contribution in [0.3, 0.4) is 0 Å². The molecule has 2 heterocycles. The molecule has 0 N–H and O–H groups in total. The summed E-state index contributed by atoms with van der Waals surface area (Å²) in [4.78, 5) is 42.1. The molecule has 1 amide bonds. The van der Waals surface area contributed by atoms with Gasteiger partial charge in [0.1, 0.15) is 5.69 Å². The Morgan fingerprint density at radius 3 is 2.26 bits per heavy atom. The molecule has 8 heteroatoms. The highest BCUT2D eigenvalue weighted by Gasteiger charge is 2.27. The number of piperazine rings is 1. The van der Waals surface area contributed by atoms with Gasteiger partial charge in [-0.05, 0) is 31.2 Å². The first-order chi connectivity index (χ1) is 14.9. The number of hydrogen-bond donors (Lipinski definition) is 0. The van der Waals surface area contributed by atoms with Gasteiger partial charge < -0.3 is 9.80 Å². The Morgan fingerprint density at radius 1 is 0.935 bits per heavy atom. The van der Waals surface area contributed by atoms with Crippen molar-refractivity contribution in [3.05, 3.63) is 91.7 Å². The number of amides is 1. The number of hydrogen-bond acceptors (Lipinski definition) is 6. The summed E-state index contributed by atoms with van der Waals surface area (Å²) in [5, 5.41) is 11.7. The third-order valence-corrected chi connectivity index (χ3v) is 6.32. The molecule has 31 heavy (non-hydrogen) atoms. The third-order valence-electron chi connectivity index (χ3n) is 5.33. The molecule has 4 rings (SSSR count).